The predicted molar refractivity (Wildman–Crippen MR) is 131 cm³/mol. The summed E-state index contributed by atoms with van der Waals surface area (Å²) in [6, 6.07) is 16.3. The third kappa shape index (κ3) is 4.28. The van der Waals surface area contributed by atoms with Crippen LogP contribution < -0.4 is 5.32 Å². The molecule has 1 unspecified atom stereocenters. The molecule has 7 nitrogen and oxygen atoms in total. The summed E-state index contributed by atoms with van der Waals surface area (Å²) in [7, 11) is 0. The van der Waals surface area contributed by atoms with E-state index < -0.39 is 17.6 Å². The predicted octanol–water partition coefficient (Wildman–Crippen LogP) is 4.55. The normalized spacial score (nSPS) is 23.0. The SMILES string of the molecule is CC(CCCC(=O)N1CCC[C@H]2C[C@]21C(=O)O)NC(=O)OCC1c2ccccc2-c2ccccc21. The minimum absolute atomic E-state index is 0.0124. The lowest BCUT2D eigenvalue weighted by Gasteiger charge is -2.33. The number of fused-ring (bicyclic) bond motifs is 4. The number of aliphatic carboxylic acids is 1. The second-order valence-corrected chi connectivity index (χ2v) is 10.1. The maximum atomic E-state index is 12.7. The van der Waals surface area contributed by atoms with Crippen LogP contribution >= 0.6 is 0 Å². The third-order valence-electron chi connectivity index (χ3n) is 7.90. The van der Waals surface area contributed by atoms with Crippen LogP contribution in [0.4, 0.5) is 4.79 Å². The van der Waals surface area contributed by atoms with Crippen molar-refractivity contribution in [1.29, 1.82) is 0 Å². The Labute approximate surface area is 205 Å². The van der Waals surface area contributed by atoms with E-state index in [1.165, 1.54) is 22.3 Å². The van der Waals surface area contributed by atoms with Crippen LogP contribution in [0.15, 0.2) is 48.5 Å². The average molecular weight is 477 g/mol. The van der Waals surface area contributed by atoms with Gasteiger partial charge in [-0.05, 0) is 67.2 Å². The fraction of sp³-hybridized carbons (Fsp3) is 0.464. The highest BCUT2D eigenvalue weighted by atomic mass is 16.5. The van der Waals surface area contributed by atoms with Crippen molar-refractivity contribution in [2.24, 2.45) is 5.92 Å². The van der Waals surface area contributed by atoms with Gasteiger partial charge in [-0.2, -0.15) is 0 Å². The minimum atomic E-state index is -0.958. The number of carbonyl (C=O) groups excluding carboxylic acids is 2. The Morgan fingerprint density at radius 2 is 1.77 bits per heavy atom. The topological polar surface area (TPSA) is 95.9 Å². The van der Waals surface area contributed by atoms with Crippen LogP contribution in [0.1, 0.15) is 62.5 Å². The zero-order valence-electron chi connectivity index (χ0n) is 20.0. The molecular formula is C28H32N2O5. The molecule has 3 atom stereocenters. The van der Waals surface area contributed by atoms with Gasteiger partial charge < -0.3 is 20.1 Å². The maximum Gasteiger partial charge on any atom is 0.407 e. The molecule has 0 bridgehead atoms. The first-order valence-electron chi connectivity index (χ1n) is 12.6. The first kappa shape index (κ1) is 23.4. The van der Waals surface area contributed by atoms with Gasteiger partial charge in [-0.15, -0.1) is 0 Å². The molecule has 0 aromatic heterocycles. The van der Waals surface area contributed by atoms with Crippen molar-refractivity contribution in [3.8, 4) is 11.1 Å². The molecule has 1 heterocycles. The highest BCUT2D eigenvalue weighted by Gasteiger charge is 2.66. The lowest BCUT2D eigenvalue weighted by Crippen LogP contribution is -2.51. The molecule has 2 amide bonds. The number of hydrogen-bond donors (Lipinski definition) is 2. The number of nitrogens with zero attached hydrogens (tertiary/aromatic N) is 1. The second kappa shape index (κ2) is 9.36. The highest BCUT2D eigenvalue weighted by molar-refractivity contribution is 5.90. The summed E-state index contributed by atoms with van der Waals surface area (Å²) >= 11 is 0. The fourth-order valence-corrected chi connectivity index (χ4v) is 6.02. The quantitative estimate of drug-likeness (QED) is 0.583. The van der Waals surface area contributed by atoms with Gasteiger partial charge in [0.1, 0.15) is 12.1 Å². The van der Waals surface area contributed by atoms with Crippen molar-refractivity contribution >= 4 is 18.0 Å². The number of piperidine rings is 1. The summed E-state index contributed by atoms with van der Waals surface area (Å²) in [5.74, 6) is -0.853. The fourth-order valence-electron chi connectivity index (χ4n) is 6.02. The maximum absolute atomic E-state index is 12.7. The van der Waals surface area contributed by atoms with E-state index in [1.54, 1.807) is 4.90 Å². The van der Waals surface area contributed by atoms with Gasteiger partial charge in [0.2, 0.25) is 5.91 Å². The molecule has 2 aromatic rings. The van der Waals surface area contributed by atoms with Gasteiger partial charge in [-0.1, -0.05) is 48.5 Å². The van der Waals surface area contributed by atoms with Crippen LogP contribution in [-0.4, -0.2) is 52.7 Å². The molecule has 2 fully saturated rings. The molecule has 1 aliphatic heterocycles. The van der Waals surface area contributed by atoms with E-state index in [0.717, 1.165) is 12.8 Å². The molecule has 184 valence electrons. The van der Waals surface area contributed by atoms with Gasteiger partial charge in [0.25, 0.3) is 0 Å². The molecule has 2 N–H and O–H groups in total. The summed E-state index contributed by atoms with van der Waals surface area (Å²) in [5.41, 5.74) is 3.75. The van der Waals surface area contributed by atoms with Crippen LogP contribution in [0.3, 0.4) is 0 Å². The zero-order chi connectivity index (χ0) is 24.6. The number of alkyl carbamates (subject to hydrolysis) is 1. The van der Waals surface area contributed by atoms with E-state index in [4.69, 9.17) is 4.74 Å². The van der Waals surface area contributed by atoms with Crippen molar-refractivity contribution in [3.63, 3.8) is 0 Å². The van der Waals surface area contributed by atoms with Crippen molar-refractivity contribution in [1.82, 2.24) is 10.2 Å². The summed E-state index contributed by atoms with van der Waals surface area (Å²) in [5, 5.41) is 12.5. The molecule has 0 radical (unpaired) electrons. The Kier molecular flexibility index (Phi) is 6.26. The van der Waals surface area contributed by atoms with E-state index in [9.17, 15) is 19.5 Å². The summed E-state index contributed by atoms with van der Waals surface area (Å²) in [6.45, 7) is 2.68. The van der Waals surface area contributed by atoms with Gasteiger partial charge in [-0.3, -0.25) is 4.79 Å². The average Bonchev–Trinajstić information content (AvgIpc) is 3.53. The Balaban J connectivity index is 1.08. The summed E-state index contributed by atoms with van der Waals surface area (Å²) in [6.07, 6.45) is 3.36. The van der Waals surface area contributed by atoms with Crippen LogP contribution in [0.25, 0.3) is 11.1 Å². The van der Waals surface area contributed by atoms with Crippen molar-refractivity contribution in [2.45, 2.75) is 62.9 Å². The van der Waals surface area contributed by atoms with Gasteiger partial charge >= 0.3 is 12.1 Å². The lowest BCUT2D eigenvalue weighted by atomic mass is 9.98. The molecule has 3 aliphatic rings. The second-order valence-electron chi connectivity index (χ2n) is 10.1. The van der Waals surface area contributed by atoms with Crippen LogP contribution in [0.2, 0.25) is 0 Å². The van der Waals surface area contributed by atoms with Crippen molar-refractivity contribution < 1.29 is 24.2 Å². The molecule has 0 spiro atoms. The van der Waals surface area contributed by atoms with E-state index in [-0.39, 0.29) is 30.4 Å². The number of benzene rings is 2. The van der Waals surface area contributed by atoms with Gasteiger partial charge in [0.15, 0.2) is 0 Å². The minimum Gasteiger partial charge on any atom is -0.479 e. The van der Waals surface area contributed by atoms with Gasteiger partial charge in [0, 0.05) is 24.9 Å². The Morgan fingerprint density at radius 3 is 2.43 bits per heavy atom. The number of rotatable bonds is 8. The van der Waals surface area contributed by atoms with Crippen LogP contribution in [0.5, 0.6) is 0 Å². The monoisotopic (exact) mass is 476 g/mol. The molecule has 35 heavy (non-hydrogen) atoms. The van der Waals surface area contributed by atoms with E-state index >= 15 is 0 Å². The lowest BCUT2D eigenvalue weighted by molar-refractivity contribution is -0.154. The molecular weight excluding hydrogens is 444 g/mol. The number of nitrogens with one attached hydrogen (secondary N) is 1. The Bertz CT molecular complexity index is 1100. The molecule has 1 saturated carbocycles. The number of carboxylic acids is 1. The number of likely N-dealkylation sites (tertiary alicyclic amines) is 1. The number of amides is 2. The number of carbonyl (C=O) groups is 3. The smallest absolute Gasteiger partial charge is 0.407 e. The molecule has 7 heteroatoms. The summed E-state index contributed by atoms with van der Waals surface area (Å²) < 4.78 is 5.60. The first-order chi connectivity index (χ1) is 16.9. The van der Waals surface area contributed by atoms with Crippen LogP contribution in [-0.2, 0) is 14.3 Å². The van der Waals surface area contributed by atoms with Crippen molar-refractivity contribution in [3.05, 3.63) is 59.7 Å². The number of carboxylic acid groups (broad SMARTS) is 1. The van der Waals surface area contributed by atoms with E-state index in [2.05, 4.69) is 29.6 Å². The van der Waals surface area contributed by atoms with Crippen LogP contribution in [0, 0.1) is 5.92 Å². The summed E-state index contributed by atoms with van der Waals surface area (Å²) in [4.78, 5) is 38.6. The van der Waals surface area contributed by atoms with E-state index in [1.807, 2.05) is 31.2 Å². The molecule has 1 saturated heterocycles. The largest absolute Gasteiger partial charge is 0.479 e. The standard InChI is InChI=1S/C28H32N2O5/c1-18(8-6-14-25(31)30-15-7-9-19-16-28(19,30)26(32)33)29-27(34)35-17-24-22-12-4-2-10-20(22)21-11-3-5-13-23(21)24/h2-5,10-13,18-19,24H,6-9,14-17H2,1H3,(H,29,34)(H,32,33)/t18?,19-,28+/m0/s1. The Morgan fingerprint density at radius 1 is 1.11 bits per heavy atom. The highest BCUT2D eigenvalue weighted by Crippen LogP contribution is 2.54. The number of ether oxygens (including phenoxy) is 1. The molecule has 2 aromatic carbocycles. The third-order valence-corrected chi connectivity index (χ3v) is 7.90. The zero-order valence-corrected chi connectivity index (χ0v) is 20.0. The van der Waals surface area contributed by atoms with Gasteiger partial charge in [0.05, 0.1) is 0 Å². The Hall–Kier alpha value is -3.35. The van der Waals surface area contributed by atoms with E-state index in [0.29, 0.717) is 32.2 Å². The van der Waals surface area contributed by atoms with Crippen molar-refractivity contribution in [2.75, 3.05) is 13.2 Å². The molecule has 5 rings (SSSR count). The molecule has 2 aliphatic carbocycles. The first-order valence-corrected chi connectivity index (χ1v) is 12.6. The number of hydrogen-bond acceptors (Lipinski definition) is 4. The van der Waals surface area contributed by atoms with Gasteiger partial charge in [-0.25, -0.2) is 9.59 Å².